The van der Waals surface area contributed by atoms with Crippen LogP contribution in [-0.4, -0.2) is 25.4 Å². The molecule has 2 aromatic carbocycles. The minimum absolute atomic E-state index is 0.0988. The Morgan fingerprint density at radius 3 is 2.71 bits per heavy atom. The number of nitrogens with two attached hydrogens (primary N) is 1. The van der Waals surface area contributed by atoms with Crippen molar-refractivity contribution in [1.29, 1.82) is 0 Å². The molecule has 5 rings (SSSR count). The SMILES string of the molecule is C[n+]1c(CNC(=O)c2nc3cc[nH]c3nc2N)n(Cc2ccccc2)c2ccccc21. The molecule has 4 N–H and O–H groups in total. The number of nitrogens with one attached hydrogen (secondary N) is 2. The highest BCUT2D eigenvalue weighted by Gasteiger charge is 2.24. The lowest BCUT2D eigenvalue weighted by Crippen LogP contribution is -2.38. The molecule has 0 saturated carbocycles. The third-order valence-corrected chi connectivity index (χ3v) is 5.45. The number of fused-ring (bicyclic) bond motifs is 2. The average molecular weight is 412 g/mol. The maximum Gasteiger partial charge on any atom is 0.277 e. The minimum Gasteiger partial charge on any atom is -0.382 e. The number of rotatable bonds is 5. The highest BCUT2D eigenvalue weighted by molar-refractivity contribution is 5.98. The molecule has 3 heterocycles. The summed E-state index contributed by atoms with van der Waals surface area (Å²) < 4.78 is 4.32. The fourth-order valence-corrected chi connectivity index (χ4v) is 3.89. The molecule has 154 valence electrons. The maximum absolute atomic E-state index is 12.9. The van der Waals surface area contributed by atoms with Crippen molar-refractivity contribution in [3.8, 4) is 0 Å². The summed E-state index contributed by atoms with van der Waals surface area (Å²) in [6, 6.07) is 20.2. The molecule has 3 aromatic heterocycles. The lowest BCUT2D eigenvalue weighted by atomic mass is 10.2. The van der Waals surface area contributed by atoms with E-state index in [9.17, 15) is 4.79 Å². The smallest absolute Gasteiger partial charge is 0.277 e. The van der Waals surface area contributed by atoms with Gasteiger partial charge in [-0.05, 0) is 23.8 Å². The number of nitrogen functional groups attached to an aromatic ring is 1. The zero-order valence-electron chi connectivity index (χ0n) is 17.0. The molecule has 0 aliphatic carbocycles. The first-order valence-corrected chi connectivity index (χ1v) is 10.0. The van der Waals surface area contributed by atoms with Crippen LogP contribution in [-0.2, 0) is 20.1 Å². The Labute approximate surface area is 178 Å². The van der Waals surface area contributed by atoms with Crippen LogP contribution in [0.3, 0.4) is 0 Å². The standard InChI is InChI=1S/C23H21N7O/c1-29-17-9-5-6-10-18(17)30(14-15-7-3-2-4-8-15)19(29)13-26-23(31)20-21(24)28-22-16(27-20)11-12-25-22/h2-12H,13-14H2,1H3,(H3-,24,25,26,27,28,31)/p+1. The van der Waals surface area contributed by atoms with Crippen molar-refractivity contribution in [3.05, 3.63) is 83.9 Å². The second-order valence-electron chi connectivity index (χ2n) is 7.39. The molecule has 1 amide bonds. The number of para-hydroxylation sites is 2. The summed E-state index contributed by atoms with van der Waals surface area (Å²) in [5, 5.41) is 2.97. The van der Waals surface area contributed by atoms with E-state index in [4.69, 9.17) is 5.73 Å². The van der Waals surface area contributed by atoms with Crippen molar-refractivity contribution in [2.45, 2.75) is 13.1 Å². The van der Waals surface area contributed by atoms with Crippen LogP contribution < -0.4 is 15.6 Å². The van der Waals surface area contributed by atoms with E-state index in [1.807, 2.05) is 37.4 Å². The Kier molecular flexibility index (Phi) is 4.59. The van der Waals surface area contributed by atoms with Crippen molar-refractivity contribution >= 4 is 33.9 Å². The van der Waals surface area contributed by atoms with Crippen molar-refractivity contribution in [2.24, 2.45) is 7.05 Å². The van der Waals surface area contributed by atoms with Crippen LogP contribution in [0.25, 0.3) is 22.2 Å². The molecule has 0 aliphatic rings. The molecule has 0 unspecified atom stereocenters. The number of hydrogen-bond donors (Lipinski definition) is 3. The lowest BCUT2D eigenvalue weighted by molar-refractivity contribution is -0.654. The van der Waals surface area contributed by atoms with Crippen LogP contribution in [0.15, 0.2) is 66.9 Å². The van der Waals surface area contributed by atoms with Gasteiger partial charge in [-0.3, -0.25) is 4.79 Å². The first kappa shape index (κ1) is 18.8. The molecule has 0 atom stereocenters. The number of benzene rings is 2. The highest BCUT2D eigenvalue weighted by Crippen LogP contribution is 2.17. The molecular weight excluding hydrogens is 390 g/mol. The average Bonchev–Trinajstić information content (AvgIpc) is 3.35. The predicted octanol–water partition coefficient (Wildman–Crippen LogP) is 2.30. The van der Waals surface area contributed by atoms with E-state index in [1.54, 1.807) is 12.3 Å². The number of nitrogens with zero attached hydrogens (tertiary/aromatic N) is 4. The molecule has 0 spiro atoms. The Morgan fingerprint density at radius 1 is 1.10 bits per heavy atom. The fraction of sp³-hybridized carbons (Fsp3) is 0.130. The van der Waals surface area contributed by atoms with Crippen molar-refractivity contribution in [1.82, 2.24) is 24.8 Å². The summed E-state index contributed by atoms with van der Waals surface area (Å²) in [5.41, 5.74) is 10.6. The van der Waals surface area contributed by atoms with Crippen LogP contribution in [0.5, 0.6) is 0 Å². The fourth-order valence-electron chi connectivity index (χ4n) is 3.89. The summed E-state index contributed by atoms with van der Waals surface area (Å²) in [6.07, 6.45) is 1.72. The van der Waals surface area contributed by atoms with Crippen LogP contribution in [0.2, 0.25) is 0 Å². The zero-order chi connectivity index (χ0) is 21.4. The molecule has 5 aromatic rings. The summed E-state index contributed by atoms with van der Waals surface area (Å²) >= 11 is 0. The minimum atomic E-state index is -0.357. The molecule has 8 heteroatoms. The van der Waals surface area contributed by atoms with Gasteiger partial charge < -0.3 is 16.0 Å². The molecular formula is C23H22N7O+. The van der Waals surface area contributed by atoms with Gasteiger partial charge in [-0.15, -0.1) is 0 Å². The van der Waals surface area contributed by atoms with E-state index < -0.39 is 0 Å². The summed E-state index contributed by atoms with van der Waals surface area (Å²) in [6.45, 7) is 1.02. The van der Waals surface area contributed by atoms with Crippen LogP contribution in [0.4, 0.5) is 5.82 Å². The number of anilines is 1. The Bertz CT molecular complexity index is 1400. The quantitative estimate of drug-likeness (QED) is 0.385. The van der Waals surface area contributed by atoms with Crippen molar-refractivity contribution in [3.63, 3.8) is 0 Å². The number of aryl methyl sites for hydroxylation is 1. The van der Waals surface area contributed by atoms with Crippen LogP contribution in [0, 0.1) is 0 Å². The van der Waals surface area contributed by atoms with Gasteiger partial charge in [0, 0.05) is 6.20 Å². The van der Waals surface area contributed by atoms with Gasteiger partial charge in [-0.2, -0.15) is 0 Å². The lowest BCUT2D eigenvalue weighted by Gasteiger charge is -2.07. The second-order valence-corrected chi connectivity index (χ2v) is 7.39. The predicted molar refractivity (Wildman–Crippen MR) is 118 cm³/mol. The van der Waals surface area contributed by atoms with Gasteiger partial charge in [-0.25, -0.2) is 19.1 Å². The number of carbonyl (C=O) groups excluding carboxylic acids is 1. The Hall–Kier alpha value is -4.20. The number of amides is 1. The first-order valence-electron chi connectivity index (χ1n) is 10.0. The largest absolute Gasteiger partial charge is 0.382 e. The van der Waals surface area contributed by atoms with E-state index in [-0.39, 0.29) is 17.4 Å². The molecule has 31 heavy (non-hydrogen) atoms. The molecule has 0 aliphatic heterocycles. The van der Waals surface area contributed by atoms with Crippen molar-refractivity contribution in [2.75, 3.05) is 5.73 Å². The Morgan fingerprint density at radius 2 is 1.87 bits per heavy atom. The summed E-state index contributed by atoms with van der Waals surface area (Å²) in [5.74, 6) is 0.707. The molecule has 0 radical (unpaired) electrons. The molecule has 0 fully saturated rings. The van der Waals surface area contributed by atoms with E-state index in [2.05, 4.69) is 53.7 Å². The summed E-state index contributed by atoms with van der Waals surface area (Å²) in [4.78, 5) is 24.4. The number of carbonyl (C=O) groups is 1. The van der Waals surface area contributed by atoms with Gasteiger partial charge >= 0.3 is 0 Å². The second kappa shape index (κ2) is 7.56. The molecule has 8 nitrogen and oxygen atoms in total. The van der Waals surface area contributed by atoms with Gasteiger partial charge in [0.1, 0.15) is 18.6 Å². The molecule has 0 bridgehead atoms. The van der Waals surface area contributed by atoms with Gasteiger partial charge in [0.05, 0.1) is 7.05 Å². The van der Waals surface area contributed by atoms with Crippen LogP contribution >= 0.6 is 0 Å². The van der Waals surface area contributed by atoms with E-state index in [0.29, 0.717) is 24.3 Å². The van der Waals surface area contributed by atoms with Gasteiger partial charge in [0.15, 0.2) is 28.2 Å². The van der Waals surface area contributed by atoms with E-state index >= 15 is 0 Å². The zero-order valence-corrected chi connectivity index (χ0v) is 17.0. The number of aromatic nitrogens is 5. The molecule has 0 saturated heterocycles. The monoisotopic (exact) mass is 412 g/mol. The third-order valence-electron chi connectivity index (χ3n) is 5.45. The summed E-state index contributed by atoms with van der Waals surface area (Å²) in [7, 11) is 2.01. The highest BCUT2D eigenvalue weighted by atomic mass is 16.1. The van der Waals surface area contributed by atoms with E-state index in [1.165, 1.54) is 5.56 Å². The van der Waals surface area contributed by atoms with Gasteiger partial charge in [-0.1, -0.05) is 42.5 Å². The number of imidazole rings is 1. The maximum atomic E-state index is 12.9. The third kappa shape index (κ3) is 3.38. The number of hydrogen-bond acceptors (Lipinski definition) is 4. The normalized spacial score (nSPS) is 11.3. The number of aromatic amines is 1. The van der Waals surface area contributed by atoms with Crippen LogP contribution in [0.1, 0.15) is 21.9 Å². The van der Waals surface area contributed by atoms with E-state index in [0.717, 1.165) is 16.9 Å². The number of H-pyrrole nitrogens is 1. The topological polar surface area (TPSA) is 106 Å². The first-order chi connectivity index (χ1) is 15.1. The van der Waals surface area contributed by atoms with Crippen molar-refractivity contribution < 1.29 is 9.36 Å². The Balaban J connectivity index is 1.48. The van der Waals surface area contributed by atoms with Gasteiger partial charge in [0.25, 0.3) is 11.7 Å². The van der Waals surface area contributed by atoms with Gasteiger partial charge in [0.2, 0.25) is 0 Å².